The molecule has 0 aliphatic rings. The first-order valence-electron chi connectivity index (χ1n) is 5.32. The fourth-order valence-electron chi connectivity index (χ4n) is 1.46. The van der Waals surface area contributed by atoms with Gasteiger partial charge in [-0.05, 0) is 23.1 Å². The van der Waals surface area contributed by atoms with Gasteiger partial charge in [-0.25, -0.2) is 8.42 Å². The van der Waals surface area contributed by atoms with Crippen LogP contribution in [0.2, 0.25) is 0 Å². The molecule has 0 heterocycles. The van der Waals surface area contributed by atoms with Crippen molar-refractivity contribution < 1.29 is 21.6 Å². The molecule has 0 radical (unpaired) electrons. The second-order valence-corrected chi connectivity index (χ2v) is 7.14. The molecule has 0 spiro atoms. The van der Waals surface area contributed by atoms with Gasteiger partial charge < -0.3 is 0 Å². The number of rotatable bonds is 2. The van der Waals surface area contributed by atoms with Crippen LogP contribution >= 0.6 is 0 Å². The van der Waals surface area contributed by atoms with E-state index in [1.165, 1.54) is 12.1 Å². The van der Waals surface area contributed by atoms with Crippen LogP contribution in [0.25, 0.3) is 0 Å². The summed E-state index contributed by atoms with van der Waals surface area (Å²) in [6.07, 6.45) is -4.72. The minimum atomic E-state index is -4.72. The molecule has 0 aliphatic heterocycles. The summed E-state index contributed by atoms with van der Waals surface area (Å²) in [7, 11) is -4.31. The first kappa shape index (κ1) is 15.0. The van der Waals surface area contributed by atoms with Crippen molar-refractivity contribution in [3.05, 3.63) is 29.8 Å². The molecule has 1 aromatic rings. The van der Waals surface area contributed by atoms with E-state index in [-0.39, 0.29) is 10.3 Å². The molecule has 0 atom stereocenters. The molecule has 6 heteroatoms. The summed E-state index contributed by atoms with van der Waals surface area (Å²) < 4.78 is 59.4. The van der Waals surface area contributed by atoms with Crippen LogP contribution in [0.15, 0.2) is 29.2 Å². The summed E-state index contributed by atoms with van der Waals surface area (Å²) in [6, 6.07) is 5.54. The maximum absolute atomic E-state index is 12.1. The number of hydrogen-bond donors (Lipinski definition) is 0. The highest BCUT2D eigenvalue weighted by Gasteiger charge is 2.35. The van der Waals surface area contributed by atoms with E-state index < -0.39 is 21.8 Å². The molecule has 0 aliphatic carbocycles. The first-order valence-corrected chi connectivity index (χ1v) is 6.97. The van der Waals surface area contributed by atoms with Crippen LogP contribution in [0.5, 0.6) is 0 Å². The average Bonchev–Trinajstić information content (AvgIpc) is 2.13. The van der Waals surface area contributed by atoms with Gasteiger partial charge in [0.2, 0.25) is 0 Å². The van der Waals surface area contributed by atoms with Gasteiger partial charge in [-0.2, -0.15) is 13.2 Å². The third kappa shape index (κ3) is 4.01. The molecule has 1 aromatic carbocycles. The van der Waals surface area contributed by atoms with Crippen molar-refractivity contribution in [3.63, 3.8) is 0 Å². The van der Waals surface area contributed by atoms with E-state index in [0.717, 1.165) is 5.56 Å². The molecule has 18 heavy (non-hydrogen) atoms. The Kier molecular flexibility index (Phi) is 3.81. The fourth-order valence-corrected chi connectivity index (χ4v) is 2.61. The van der Waals surface area contributed by atoms with Crippen molar-refractivity contribution in [2.45, 2.75) is 37.3 Å². The molecular weight excluding hydrogens is 265 g/mol. The lowest BCUT2D eigenvalue weighted by molar-refractivity contribution is -0.106. The Morgan fingerprint density at radius 3 is 1.78 bits per heavy atom. The van der Waals surface area contributed by atoms with Crippen molar-refractivity contribution in [1.82, 2.24) is 0 Å². The van der Waals surface area contributed by atoms with Gasteiger partial charge in [0.15, 0.2) is 15.6 Å². The minimum Gasteiger partial charge on any atom is -0.223 e. The van der Waals surface area contributed by atoms with Crippen LogP contribution < -0.4 is 0 Å². The van der Waals surface area contributed by atoms with Crippen LogP contribution in [-0.4, -0.2) is 20.3 Å². The monoisotopic (exact) mass is 280 g/mol. The number of benzene rings is 1. The third-order valence-corrected chi connectivity index (χ3v) is 4.13. The predicted molar refractivity (Wildman–Crippen MR) is 63.2 cm³/mol. The highest BCUT2D eigenvalue weighted by Crippen LogP contribution is 2.26. The largest absolute Gasteiger partial charge is 0.403 e. The van der Waals surface area contributed by atoms with E-state index in [4.69, 9.17) is 0 Å². The van der Waals surface area contributed by atoms with Crippen molar-refractivity contribution in [1.29, 1.82) is 0 Å². The minimum absolute atomic E-state index is 0.174. The average molecular weight is 280 g/mol. The summed E-state index contributed by atoms with van der Waals surface area (Å²) in [6.45, 7) is 5.81. The zero-order valence-corrected chi connectivity index (χ0v) is 11.2. The summed E-state index contributed by atoms with van der Waals surface area (Å²) in [4.78, 5) is -0.298. The van der Waals surface area contributed by atoms with Crippen molar-refractivity contribution in [2.24, 2.45) is 0 Å². The maximum Gasteiger partial charge on any atom is 0.403 e. The molecule has 2 nitrogen and oxygen atoms in total. The SMILES string of the molecule is CC(C)(C)c1ccc(S(=O)(=O)CC(F)(F)F)cc1. The normalized spacial score (nSPS) is 13.7. The third-order valence-electron chi connectivity index (χ3n) is 2.43. The Hall–Kier alpha value is -1.04. The highest BCUT2D eigenvalue weighted by atomic mass is 32.2. The summed E-state index contributed by atoms with van der Waals surface area (Å²) in [5.74, 6) is -1.82. The molecule has 0 aromatic heterocycles. The topological polar surface area (TPSA) is 34.1 Å². The standard InChI is InChI=1S/C12H15F3O2S/c1-11(2,3)9-4-6-10(7-5-9)18(16,17)8-12(13,14)15/h4-7H,8H2,1-3H3. The lowest BCUT2D eigenvalue weighted by Crippen LogP contribution is -2.23. The van der Waals surface area contributed by atoms with Crippen LogP contribution in [-0.2, 0) is 15.3 Å². The molecule has 0 amide bonds. The Morgan fingerprint density at radius 1 is 1.00 bits per heavy atom. The zero-order chi connectivity index (χ0) is 14.2. The van der Waals surface area contributed by atoms with Gasteiger partial charge in [0, 0.05) is 0 Å². The lowest BCUT2D eigenvalue weighted by Gasteiger charge is -2.19. The Bertz CT molecular complexity index is 508. The quantitative estimate of drug-likeness (QED) is 0.832. The van der Waals surface area contributed by atoms with E-state index in [2.05, 4.69) is 0 Å². The number of halogens is 3. The van der Waals surface area contributed by atoms with E-state index >= 15 is 0 Å². The Balaban J connectivity index is 3.06. The molecule has 1 rings (SSSR count). The van der Waals surface area contributed by atoms with Gasteiger partial charge in [0.25, 0.3) is 0 Å². The van der Waals surface area contributed by atoms with Crippen molar-refractivity contribution in [2.75, 3.05) is 5.75 Å². The summed E-state index contributed by atoms with van der Waals surface area (Å²) in [5.41, 5.74) is 0.695. The first-order chi connectivity index (χ1) is 7.92. The van der Waals surface area contributed by atoms with Crippen LogP contribution in [0.3, 0.4) is 0 Å². The molecule has 102 valence electrons. The molecule has 0 saturated carbocycles. The van der Waals surface area contributed by atoms with Crippen LogP contribution in [0.1, 0.15) is 26.3 Å². The Labute approximate surface area is 105 Å². The zero-order valence-electron chi connectivity index (χ0n) is 10.4. The van der Waals surface area contributed by atoms with Gasteiger partial charge in [0.1, 0.15) is 0 Å². The van der Waals surface area contributed by atoms with Crippen LogP contribution in [0, 0.1) is 0 Å². The maximum atomic E-state index is 12.1. The van der Waals surface area contributed by atoms with Gasteiger partial charge in [-0.15, -0.1) is 0 Å². The Morgan fingerprint density at radius 2 is 1.44 bits per heavy atom. The van der Waals surface area contributed by atoms with Crippen molar-refractivity contribution >= 4 is 9.84 Å². The fraction of sp³-hybridized carbons (Fsp3) is 0.500. The lowest BCUT2D eigenvalue weighted by atomic mass is 9.87. The molecule has 0 bridgehead atoms. The summed E-state index contributed by atoms with van der Waals surface area (Å²) >= 11 is 0. The predicted octanol–water partition coefficient (Wildman–Crippen LogP) is 3.32. The summed E-state index contributed by atoms with van der Waals surface area (Å²) in [5, 5.41) is 0. The van der Waals surface area contributed by atoms with E-state index in [9.17, 15) is 21.6 Å². The second-order valence-electron chi connectivity index (χ2n) is 5.15. The van der Waals surface area contributed by atoms with E-state index in [1.54, 1.807) is 12.1 Å². The van der Waals surface area contributed by atoms with Gasteiger partial charge in [-0.3, -0.25) is 0 Å². The molecule has 0 unspecified atom stereocenters. The number of hydrogen-bond acceptors (Lipinski definition) is 2. The van der Waals surface area contributed by atoms with Gasteiger partial charge in [-0.1, -0.05) is 32.9 Å². The molecule has 0 N–H and O–H groups in total. The second kappa shape index (κ2) is 4.57. The van der Waals surface area contributed by atoms with Gasteiger partial charge >= 0.3 is 6.18 Å². The number of alkyl halides is 3. The molecular formula is C12H15F3O2S. The van der Waals surface area contributed by atoms with Crippen LogP contribution in [0.4, 0.5) is 13.2 Å². The molecule has 0 fully saturated rings. The highest BCUT2D eigenvalue weighted by molar-refractivity contribution is 7.91. The van der Waals surface area contributed by atoms with E-state index in [1.807, 2.05) is 20.8 Å². The number of sulfone groups is 1. The smallest absolute Gasteiger partial charge is 0.223 e. The van der Waals surface area contributed by atoms with Crippen molar-refractivity contribution in [3.8, 4) is 0 Å². The van der Waals surface area contributed by atoms with Gasteiger partial charge in [0.05, 0.1) is 4.90 Å². The van der Waals surface area contributed by atoms with E-state index in [0.29, 0.717) is 0 Å². The molecule has 0 saturated heterocycles.